The molecule has 3 N–H and O–H groups in total. The molecule has 28 heavy (non-hydrogen) atoms. The summed E-state index contributed by atoms with van der Waals surface area (Å²) < 4.78 is 0. The van der Waals surface area contributed by atoms with Crippen molar-refractivity contribution in [2.75, 3.05) is 13.1 Å². The fourth-order valence-electron chi connectivity index (χ4n) is 4.38. The lowest BCUT2D eigenvalue weighted by Gasteiger charge is -2.32. The van der Waals surface area contributed by atoms with Crippen LogP contribution in [0.1, 0.15) is 42.6 Å². The van der Waals surface area contributed by atoms with Gasteiger partial charge < -0.3 is 9.88 Å². The summed E-state index contributed by atoms with van der Waals surface area (Å²) in [7, 11) is 0. The molecule has 3 aromatic rings. The number of hydrogen-bond acceptors (Lipinski definition) is 4. The number of H-pyrrole nitrogens is 1. The number of hydrogen-bond donors (Lipinski definition) is 3. The van der Waals surface area contributed by atoms with Gasteiger partial charge in [0.1, 0.15) is 11.9 Å². The van der Waals surface area contributed by atoms with Crippen molar-refractivity contribution in [3.8, 4) is 0 Å². The van der Waals surface area contributed by atoms with Crippen molar-refractivity contribution < 1.29 is 4.79 Å². The summed E-state index contributed by atoms with van der Waals surface area (Å²) in [6, 6.07) is 18.5. The van der Waals surface area contributed by atoms with E-state index in [1.165, 1.54) is 5.56 Å². The molecule has 1 amide bonds. The number of carbonyl (C=O) groups is 1. The Hall–Kier alpha value is -2.70. The van der Waals surface area contributed by atoms with Crippen LogP contribution in [0.15, 0.2) is 54.6 Å². The largest absolute Gasteiger partial charge is 0.342 e. The number of amides is 1. The minimum absolute atomic E-state index is 0.159. The van der Waals surface area contributed by atoms with Crippen LogP contribution in [0.25, 0.3) is 11.0 Å². The first-order chi connectivity index (χ1) is 13.8. The van der Waals surface area contributed by atoms with Gasteiger partial charge in [0.2, 0.25) is 5.91 Å². The van der Waals surface area contributed by atoms with E-state index in [4.69, 9.17) is 4.98 Å². The lowest BCUT2D eigenvalue weighted by Crippen LogP contribution is -2.48. The third kappa shape index (κ3) is 3.30. The Morgan fingerprint density at radius 1 is 0.964 bits per heavy atom. The van der Waals surface area contributed by atoms with Gasteiger partial charge in [0, 0.05) is 25.0 Å². The molecule has 2 aliphatic rings. The summed E-state index contributed by atoms with van der Waals surface area (Å²) in [6.45, 7) is 1.57. The zero-order chi connectivity index (χ0) is 18.9. The van der Waals surface area contributed by atoms with Crippen LogP contribution in [0, 0.1) is 0 Å². The van der Waals surface area contributed by atoms with E-state index in [1.54, 1.807) is 0 Å². The molecule has 2 saturated heterocycles. The number of piperidine rings is 1. The molecule has 0 radical (unpaired) electrons. The Morgan fingerprint density at radius 3 is 2.50 bits per heavy atom. The van der Waals surface area contributed by atoms with Crippen LogP contribution in [-0.4, -0.2) is 39.9 Å². The molecular weight excluding hydrogens is 350 g/mol. The molecule has 6 nitrogen and oxygen atoms in total. The number of nitrogens with one attached hydrogen (secondary N) is 3. The van der Waals surface area contributed by atoms with Crippen LogP contribution in [0.4, 0.5) is 0 Å². The second-order valence-corrected chi connectivity index (χ2v) is 7.78. The molecule has 2 aromatic carbocycles. The average molecular weight is 375 g/mol. The van der Waals surface area contributed by atoms with E-state index < -0.39 is 0 Å². The SMILES string of the molecule is O=C(C1CC(c2ccccc2)NN1)N1CCC(c2nc3ccccc3[nH]2)CC1. The van der Waals surface area contributed by atoms with Crippen LogP contribution in [0.2, 0.25) is 0 Å². The number of nitrogens with zero attached hydrogens (tertiary/aromatic N) is 2. The Labute approximate surface area is 164 Å². The quantitative estimate of drug-likeness (QED) is 0.658. The third-order valence-electron chi connectivity index (χ3n) is 6.00. The van der Waals surface area contributed by atoms with Gasteiger partial charge in [-0.15, -0.1) is 0 Å². The van der Waals surface area contributed by atoms with Crippen LogP contribution >= 0.6 is 0 Å². The summed E-state index contributed by atoms with van der Waals surface area (Å²) in [6.07, 6.45) is 2.69. The van der Waals surface area contributed by atoms with Crippen molar-refractivity contribution in [1.82, 2.24) is 25.7 Å². The number of imidazole rings is 1. The van der Waals surface area contributed by atoms with E-state index in [9.17, 15) is 4.79 Å². The molecule has 0 spiro atoms. The summed E-state index contributed by atoms with van der Waals surface area (Å²) in [4.78, 5) is 23.2. The van der Waals surface area contributed by atoms with Gasteiger partial charge in [-0.25, -0.2) is 15.8 Å². The summed E-state index contributed by atoms with van der Waals surface area (Å²) in [5.41, 5.74) is 9.80. The van der Waals surface area contributed by atoms with Crippen LogP contribution in [0.3, 0.4) is 0 Å². The molecule has 144 valence electrons. The van der Waals surface area contributed by atoms with Gasteiger partial charge in [-0.2, -0.15) is 0 Å². The number of rotatable bonds is 3. The van der Waals surface area contributed by atoms with E-state index in [2.05, 4.69) is 34.0 Å². The highest BCUT2D eigenvalue weighted by Crippen LogP contribution is 2.29. The molecule has 2 fully saturated rings. The standard InChI is InChI=1S/C22H25N5O/c28-22(20-14-19(25-26-20)15-6-2-1-3-7-15)27-12-10-16(11-13-27)21-23-17-8-4-5-9-18(17)24-21/h1-9,16,19-20,25-26H,10-14H2,(H,23,24). The normalized spacial score (nSPS) is 23.4. The van der Waals surface area contributed by atoms with Crippen LogP contribution < -0.4 is 10.9 Å². The van der Waals surface area contributed by atoms with Gasteiger partial charge in [-0.1, -0.05) is 42.5 Å². The predicted octanol–water partition coefficient (Wildman–Crippen LogP) is 2.88. The van der Waals surface area contributed by atoms with E-state index in [0.29, 0.717) is 5.92 Å². The number of aromatic amines is 1. The number of benzene rings is 2. The maximum Gasteiger partial charge on any atom is 0.241 e. The van der Waals surface area contributed by atoms with E-state index in [0.717, 1.165) is 49.2 Å². The highest BCUT2D eigenvalue weighted by Gasteiger charge is 2.34. The van der Waals surface area contributed by atoms with Gasteiger partial charge in [0.15, 0.2) is 0 Å². The lowest BCUT2D eigenvalue weighted by molar-refractivity contribution is -0.134. The van der Waals surface area contributed by atoms with Crippen LogP contribution in [0.5, 0.6) is 0 Å². The molecule has 5 rings (SSSR count). The minimum Gasteiger partial charge on any atom is -0.342 e. The van der Waals surface area contributed by atoms with Crippen molar-refractivity contribution in [2.24, 2.45) is 0 Å². The summed E-state index contributed by atoms with van der Waals surface area (Å²) in [5, 5.41) is 0. The molecular formula is C22H25N5O. The van der Waals surface area contributed by atoms with Gasteiger partial charge in [-0.3, -0.25) is 4.79 Å². The second-order valence-electron chi connectivity index (χ2n) is 7.78. The minimum atomic E-state index is -0.159. The smallest absolute Gasteiger partial charge is 0.241 e. The molecule has 3 heterocycles. The fraction of sp³-hybridized carbons (Fsp3) is 0.364. The molecule has 0 aliphatic carbocycles. The van der Waals surface area contributed by atoms with Gasteiger partial charge in [0.05, 0.1) is 11.0 Å². The molecule has 2 unspecified atom stereocenters. The Bertz CT molecular complexity index is 928. The fourth-order valence-corrected chi connectivity index (χ4v) is 4.38. The monoisotopic (exact) mass is 375 g/mol. The van der Waals surface area contributed by atoms with Gasteiger partial charge in [-0.05, 0) is 37.0 Å². The molecule has 2 aliphatic heterocycles. The number of fused-ring (bicyclic) bond motifs is 1. The first-order valence-electron chi connectivity index (χ1n) is 10.1. The maximum atomic E-state index is 13.0. The number of aromatic nitrogens is 2. The average Bonchev–Trinajstić information content (AvgIpc) is 3.41. The Balaban J connectivity index is 1.19. The van der Waals surface area contributed by atoms with Crippen LogP contribution in [-0.2, 0) is 4.79 Å². The number of carbonyl (C=O) groups excluding carboxylic acids is 1. The molecule has 0 saturated carbocycles. The Kier molecular flexibility index (Phi) is 4.58. The van der Waals surface area contributed by atoms with Crippen molar-refractivity contribution in [1.29, 1.82) is 0 Å². The topological polar surface area (TPSA) is 73.1 Å². The van der Waals surface area contributed by atoms with Crippen molar-refractivity contribution in [3.63, 3.8) is 0 Å². The molecule has 6 heteroatoms. The number of likely N-dealkylation sites (tertiary alicyclic amines) is 1. The van der Waals surface area contributed by atoms with E-state index in [1.807, 2.05) is 41.3 Å². The maximum absolute atomic E-state index is 13.0. The summed E-state index contributed by atoms with van der Waals surface area (Å²) >= 11 is 0. The van der Waals surface area contributed by atoms with Gasteiger partial charge in [0.25, 0.3) is 0 Å². The predicted molar refractivity (Wildman–Crippen MR) is 109 cm³/mol. The lowest BCUT2D eigenvalue weighted by atomic mass is 9.95. The first kappa shape index (κ1) is 17.4. The van der Waals surface area contributed by atoms with E-state index in [-0.39, 0.29) is 18.0 Å². The van der Waals surface area contributed by atoms with Crippen molar-refractivity contribution >= 4 is 16.9 Å². The van der Waals surface area contributed by atoms with Crippen molar-refractivity contribution in [3.05, 3.63) is 66.0 Å². The Morgan fingerprint density at radius 2 is 1.71 bits per heavy atom. The highest BCUT2D eigenvalue weighted by atomic mass is 16.2. The molecule has 1 aromatic heterocycles. The third-order valence-corrected chi connectivity index (χ3v) is 6.00. The second kappa shape index (κ2) is 7.37. The summed E-state index contributed by atoms with van der Waals surface area (Å²) in [5.74, 6) is 1.65. The zero-order valence-corrected chi connectivity index (χ0v) is 15.8. The van der Waals surface area contributed by atoms with Gasteiger partial charge >= 0.3 is 0 Å². The first-order valence-corrected chi connectivity index (χ1v) is 10.1. The number of para-hydroxylation sites is 2. The highest BCUT2D eigenvalue weighted by molar-refractivity contribution is 5.82. The van der Waals surface area contributed by atoms with Crippen molar-refractivity contribution in [2.45, 2.75) is 37.3 Å². The number of hydrazine groups is 1. The van der Waals surface area contributed by atoms with E-state index >= 15 is 0 Å². The molecule has 2 atom stereocenters. The molecule has 0 bridgehead atoms. The zero-order valence-electron chi connectivity index (χ0n) is 15.8.